The molecule has 0 bridgehead atoms. The fourth-order valence-electron chi connectivity index (χ4n) is 9.35. The Labute approximate surface area is 367 Å². The number of amidine groups is 2. The van der Waals surface area contributed by atoms with Crippen molar-refractivity contribution >= 4 is 58.0 Å². The van der Waals surface area contributed by atoms with Crippen LogP contribution < -0.4 is 0 Å². The third-order valence-corrected chi connectivity index (χ3v) is 12.4. The smallest absolute Gasteiger partial charge is 0.161 e. The topological polar surface area (TPSA) is 59.8 Å². The second kappa shape index (κ2) is 16.5. The van der Waals surface area contributed by atoms with Crippen LogP contribution in [0.5, 0.6) is 0 Å². The molecule has 2 aliphatic rings. The quantitative estimate of drug-likeness (QED) is 0.111. The molecule has 0 N–H and O–H groups in total. The van der Waals surface area contributed by atoms with Gasteiger partial charge < -0.3 is 4.57 Å². The van der Waals surface area contributed by atoms with Gasteiger partial charge in [-0.3, -0.25) is 9.56 Å². The largest absolute Gasteiger partial charge is 0.313 e. The minimum absolute atomic E-state index is 0.490. The summed E-state index contributed by atoms with van der Waals surface area (Å²) in [4.78, 5) is 19.6. The van der Waals surface area contributed by atoms with E-state index in [0.29, 0.717) is 18.2 Å². The number of para-hydroxylation sites is 1. The molecule has 0 atom stereocenters. The maximum Gasteiger partial charge on any atom is 0.161 e. The van der Waals surface area contributed by atoms with Crippen LogP contribution in [0.15, 0.2) is 197 Å². The number of pyridine rings is 1. The molecule has 302 valence electrons. The molecular weight excluding hydrogens is 769 g/mol. The second-order valence-electron chi connectivity index (χ2n) is 16.2. The maximum absolute atomic E-state index is 5.11. The molecule has 0 radical (unpaired) electrons. The Morgan fingerprint density at radius 2 is 1.30 bits per heavy atom. The van der Waals surface area contributed by atoms with Crippen molar-refractivity contribution in [3.05, 3.63) is 221 Å². The lowest BCUT2D eigenvalue weighted by molar-refractivity contribution is 0.848. The van der Waals surface area contributed by atoms with Gasteiger partial charge in [-0.15, -0.1) is 0 Å². The number of hydrogen-bond acceptors (Lipinski definition) is 2. The van der Waals surface area contributed by atoms with E-state index in [4.69, 9.17) is 15.0 Å². The number of aliphatic imine (C=N–C) groups is 3. The molecule has 63 heavy (non-hydrogen) atoms. The molecule has 0 saturated carbocycles. The van der Waals surface area contributed by atoms with Crippen LogP contribution in [-0.4, -0.2) is 32.5 Å². The van der Waals surface area contributed by atoms with Crippen LogP contribution in [0.1, 0.15) is 52.0 Å². The summed E-state index contributed by atoms with van der Waals surface area (Å²) in [5.74, 6) is 2.10. The SMILES string of the molecule is C=N/C(=N\C(=N/Cc1ccccc1)c1cccc(-c2ccc3c4ccccc4n(C4=Cc5c(c6c(n5-c5ccc(-c7ccccc7)cn5)CCC=C6)CC4)c3c2)c1)c1ccccc1. The number of allylic oxidation sites excluding steroid dienone is 2. The van der Waals surface area contributed by atoms with Crippen LogP contribution >= 0.6 is 0 Å². The standard InChI is InChI=1S/C57H44N6/c1-58-56(41-20-9-4-10-21-41)61-57(60-37-39-16-5-2-6-17-39)44-23-15-22-42(34-44)43-28-31-49-47-24-11-13-26-51(47)62(53(49)35-43)46-30-32-50-48-25-12-14-27-52(48)63(54(50)36-46)55-33-29-45(38-59-55)40-18-7-3-8-19-40/h2-13,15-26,28-29,31,33-36,38H,1,14,27,30,32,37H2/b60-57-,61-56-. The average Bonchev–Trinajstić information content (AvgIpc) is 3.87. The molecule has 9 aromatic rings. The predicted molar refractivity (Wildman–Crippen MR) is 263 cm³/mol. The third kappa shape index (κ3) is 7.15. The maximum atomic E-state index is 5.11. The molecule has 6 heteroatoms. The number of rotatable bonds is 8. The second-order valence-corrected chi connectivity index (χ2v) is 16.2. The van der Waals surface area contributed by atoms with Gasteiger partial charge in [0.15, 0.2) is 11.7 Å². The van der Waals surface area contributed by atoms with Crippen molar-refractivity contribution in [3.63, 3.8) is 0 Å². The molecule has 0 saturated heterocycles. The first kappa shape index (κ1) is 38.0. The highest BCUT2D eigenvalue weighted by Gasteiger charge is 2.27. The van der Waals surface area contributed by atoms with Crippen LogP contribution in [0.2, 0.25) is 0 Å². The van der Waals surface area contributed by atoms with Crippen LogP contribution in [0.4, 0.5) is 0 Å². The van der Waals surface area contributed by atoms with E-state index in [1.807, 2.05) is 54.7 Å². The normalized spacial score (nSPS) is 13.8. The molecule has 3 heterocycles. The van der Waals surface area contributed by atoms with Crippen LogP contribution in [0.3, 0.4) is 0 Å². The highest BCUT2D eigenvalue weighted by molar-refractivity contribution is 6.14. The van der Waals surface area contributed by atoms with Crippen molar-refractivity contribution in [1.82, 2.24) is 14.1 Å². The Balaban J connectivity index is 1.02. The molecule has 0 amide bonds. The van der Waals surface area contributed by atoms with Gasteiger partial charge in [0.05, 0.1) is 23.3 Å². The van der Waals surface area contributed by atoms with E-state index in [0.717, 1.165) is 64.9 Å². The number of benzene rings is 6. The van der Waals surface area contributed by atoms with Crippen LogP contribution in [0, 0.1) is 0 Å². The molecule has 6 nitrogen and oxygen atoms in total. The Bertz CT molecular complexity index is 3290. The zero-order valence-electron chi connectivity index (χ0n) is 34.9. The summed E-state index contributed by atoms with van der Waals surface area (Å²) in [5.41, 5.74) is 16.4. The highest BCUT2D eigenvalue weighted by atomic mass is 15.1. The first-order valence-electron chi connectivity index (χ1n) is 21.7. The van der Waals surface area contributed by atoms with Crippen molar-refractivity contribution in [1.29, 1.82) is 0 Å². The van der Waals surface area contributed by atoms with Crippen molar-refractivity contribution in [2.24, 2.45) is 15.0 Å². The lowest BCUT2D eigenvalue weighted by Crippen LogP contribution is -2.09. The van der Waals surface area contributed by atoms with Crippen LogP contribution in [-0.2, 0) is 19.4 Å². The Morgan fingerprint density at radius 3 is 2.11 bits per heavy atom. The molecule has 0 unspecified atom stereocenters. The summed E-state index contributed by atoms with van der Waals surface area (Å²) in [5, 5.41) is 2.47. The van der Waals surface area contributed by atoms with E-state index in [1.165, 1.54) is 55.6 Å². The lowest BCUT2D eigenvalue weighted by Gasteiger charge is -2.20. The number of hydrogen-bond donors (Lipinski definition) is 0. The highest BCUT2D eigenvalue weighted by Crippen LogP contribution is 2.42. The molecule has 6 aromatic carbocycles. The molecular formula is C57H44N6. The van der Waals surface area contributed by atoms with E-state index in [-0.39, 0.29) is 0 Å². The summed E-state index contributed by atoms with van der Waals surface area (Å²) in [6, 6.07) is 59.3. The Hall–Kier alpha value is -7.96. The monoisotopic (exact) mass is 812 g/mol. The van der Waals surface area contributed by atoms with E-state index in [2.05, 4.69) is 160 Å². The average molecular weight is 813 g/mol. The van der Waals surface area contributed by atoms with Crippen molar-refractivity contribution in [3.8, 4) is 28.1 Å². The van der Waals surface area contributed by atoms with Gasteiger partial charge in [0.25, 0.3) is 0 Å². The Kier molecular flexibility index (Phi) is 9.94. The summed E-state index contributed by atoms with van der Waals surface area (Å²) in [7, 11) is 0. The zero-order valence-corrected chi connectivity index (χ0v) is 34.9. The fourth-order valence-corrected chi connectivity index (χ4v) is 9.35. The van der Waals surface area contributed by atoms with Crippen molar-refractivity contribution in [2.75, 3.05) is 0 Å². The first-order valence-corrected chi connectivity index (χ1v) is 21.7. The molecule has 11 rings (SSSR count). The molecule has 3 aromatic heterocycles. The van der Waals surface area contributed by atoms with Gasteiger partial charge in [-0.1, -0.05) is 152 Å². The Morgan fingerprint density at radius 1 is 0.587 bits per heavy atom. The summed E-state index contributed by atoms with van der Waals surface area (Å²) in [6.45, 7) is 4.36. The lowest BCUT2D eigenvalue weighted by atomic mass is 9.94. The van der Waals surface area contributed by atoms with Gasteiger partial charge in [0, 0.05) is 45.1 Å². The van der Waals surface area contributed by atoms with E-state index < -0.39 is 0 Å². The van der Waals surface area contributed by atoms with E-state index >= 15 is 0 Å². The fraction of sp³-hybridized carbons (Fsp3) is 0.0877. The van der Waals surface area contributed by atoms with Gasteiger partial charge in [-0.2, -0.15) is 0 Å². The van der Waals surface area contributed by atoms with Crippen molar-refractivity contribution < 1.29 is 0 Å². The van der Waals surface area contributed by atoms with Gasteiger partial charge in [-0.25, -0.2) is 15.0 Å². The third-order valence-electron chi connectivity index (χ3n) is 12.4. The first-order chi connectivity index (χ1) is 31.2. The summed E-state index contributed by atoms with van der Waals surface area (Å²) >= 11 is 0. The van der Waals surface area contributed by atoms with Gasteiger partial charge in [0.2, 0.25) is 0 Å². The minimum atomic E-state index is 0.490. The summed E-state index contributed by atoms with van der Waals surface area (Å²) in [6.07, 6.45) is 13.0. The minimum Gasteiger partial charge on any atom is -0.313 e. The zero-order chi connectivity index (χ0) is 42.1. The van der Waals surface area contributed by atoms with Gasteiger partial charge >= 0.3 is 0 Å². The van der Waals surface area contributed by atoms with Crippen molar-refractivity contribution in [2.45, 2.75) is 32.2 Å². The number of fused-ring (bicyclic) bond motifs is 6. The van der Waals surface area contributed by atoms with Crippen LogP contribution in [0.25, 0.3) is 67.7 Å². The number of nitrogens with zero attached hydrogens (tertiary/aromatic N) is 6. The molecule has 0 spiro atoms. The molecule has 0 aliphatic heterocycles. The number of aromatic nitrogens is 3. The molecule has 0 fully saturated rings. The van der Waals surface area contributed by atoms with Gasteiger partial charge in [-0.05, 0) is 102 Å². The molecule has 2 aliphatic carbocycles. The van der Waals surface area contributed by atoms with E-state index in [9.17, 15) is 0 Å². The predicted octanol–water partition coefficient (Wildman–Crippen LogP) is 13.3. The summed E-state index contributed by atoms with van der Waals surface area (Å²) < 4.78 is 4.93. The van der Waals surface area contributed by atoms with E-state index in [1.54, 1.807) is 0 Å². The van der Waals surface area contributed by atoms with Gasteiger partial charge in [0.1, 0.15) is 5.82 Å².